The first-order valence-corrected chi connectivity index (χ1v) is 10.8. The molecule has 2 aromatic carbocycles. The second-order valence-corrected chi connectivity index (χ2v) is 7.83. The quantitative estimate of drug-likeness (QED) is 0.319. The fraction of sp³-hybridized carbons (Fsp3) is 0.350. The van der Waals surface area contributed by atoms with Crippen LogP contribution in [0.15, 0.2) is 41.6 Å². The van der Waals surface area contributed by atoms with Gasteiger partial charge in [-0.15, -0.1) is 17.5 Å². The third-order valence-electron chi connectivity index (χ3n) is 4.09. The van der Waals surface area contributed by atoms with Crippen LogP contribution in [-0.4, -0.2) is 39.1 Å². The smallest absolute Gasteiger partial charge is 0.209 e. The van der Waals surface area contributed by atoms with E-state index in [9.17, 15) is 4.39 Å². The molecule has 1 aromatic heterocycles. The van der Waals surface area contributed by atoms with Crippen LogP contribution in [0.5, 0.6) is 11.5 Å². The molecule has 0 saturated heterocycles. The molecular weight excluding hydrogens is 464 g/mol. The van der Waals surface area contributed by atoms with Crippen molar-refractivity contribution in [3.05, 3.63) is 58.4 Å². The molecular formula is C20H24Cl2FN5O2S. The number of nitrogens with zero attached hydrogens (tertiary/aromatic N) is 4. The molecule has 0 spiro atoms. The highest BCUT2D eigenvalue weighted by atomic mass is 35.5. The Balaban J connectivity index is 0.00000341. The number of hydrogen-bond donors (Lipinski definition) is 1. The van der Waals surface area contributed by atoms with Gasteiger partial charge in [-0.1, -0.05) is 35.5 Å². The largest absolute Gasteiger partial charge is 0.490 e. The Labute approximate surface area is 196 Å². The van der Waals surface area contributed by atoms with Crippen molar-refractivity contribution in [2.75, 3.05) is 18.9 Å². The summed E-state index contributed by atoms with van der Waals surface area (Å²) in [7, 11) is 1.81. The highest BCUT2D eigenvalue weighted by Crippen LogP contribution is 2.37. The van der Waals surface area contributed by atoms with Gasteiger partial charge in [0, 0.05) is 25.9 Å². The van der Waals surface area contributed by atoms with Crippen LogP contribution >= 0.6 is 35.8 Å². The zero-order chi connectivity index (χ0) is 21.3. The lowest BCUT2D eigenvalue weighted by Gasteiger charge is -2.16. The van der Waals surface area contributed by atoms with Crippen molar-refractivity contribution in [3.63, 3.8) is 0 Å². The Morgan fingerprint density at radius 3 is 2.61 bits per heavy atom. The molecule has 168 valence electrons. The van der Waals surface area contributed by atoms with Crippen LogP contribution in [0.3, 0.4) is 0 Å². The van der Waals surface area contributed by atoms with Crippen LogP contribution < -0.4 is 14.8 Å². The average molecular weight is 488 g/mol. The highest BCUT2D eigenvalue weighted by molar-refractivity contribution is 7.99. The zero-order valence-electron chi connectivity index (χ0n) is 17.2. The third kappa shape index (κ3) is 7.53. The number of ether oxygens (including phenoxy) is 2. The first-order valence-electron chi connectivity index (χ1n) is 9.45. The molecule has 0 fully saturated rings. The lowest BCUT2D eigenvalue weighted by atomic mass is 10.2. The van der Waals surface area contributed by atoms with E-state index in [1.807, 2.05) is 26.1 Å². The Bertz CT molecular complexity index is 959. The van der Waals surface area contributed by atoms with Crippen molar-refractivity contribution in [2.24, 2.45) is 7.05 Å². The molecule has 0 bridgehead atoms. The van der Waals surface area contributed by atoms with Crippen molar-refractivity contribution in [2.45, 2.75) is 25.2 Å². The number of tetrazole rings is 1. The van der Waals surface area contributed by atoms with Crippen molar-refractivity contribution in [1.82, 2.24) is 25.5 Å². The first kappa shape index (κ1) is 25.2. The van der Waals surface area contributed by atoms with E-state index in [1.54, 1.807) is 28.6 Å². The number of thioether (sulfide) groups is 1. The Hall–Kier alpha value is -2.07. The minimum atomic E-state index is -0.282. The van der Waals surface area contributed by atoms with E-state index in [4.69, 9.17) is 21.1 Å². The van der Waals surface area contributed by atoms with Crippen molar-refractivity contribution < 1.29 is 13.9 Å². The van der Waals surface area contributed by atoms with Gasteiger partial charge in [0.05, 0.1) is 11.6 Å². The number of aromatic nitrogens is 4. The molecule has 0 aliphatic heterocycles. The summed E-state index contributed by atoms with van der Waals surface area (Å²) in [5.74, 6) is 1.62. The molecule has 3 rings (SSSR count). The van der Waals surface area contributed by atoms with E-state index in [2.05, 4.69) is 20.8 Å². The molecule has 0 atom stereocenters. The summed E-state index contributed by atoms with van der Waals surface area (Å²) in [5, 5.41) is 16.0. The first-order chi connectivity index (χ1) is 14.6. The predicted octanol–water partition coefficient (Wildman–Crippen LogP) is 4.28. The fourth-order valence-electron chi connectivity index (χ4n) is 2.65. The van der Waals surface area contributed by atoms with Crippen molar-refractivity contribution >= 4 is 35.8 Å². The van der Waals surface area contributed by atoms with E-state index >= 15 is 0 Å². The SMILES string of the molecule is CCOc1cc(CNCCSc2nnnn2C)cc(Cl)c1OCc1ccc(F)cc1.Cl. The second kappa shape index (κ2) is 12.7. The van der Waals surface area contributed by atoms with Gasteiger partial charge in [-0.2, -0.15) is 0 Å². The number of rotatable bonds is 11. The Morgan fingerprint density at radius 1 is 1.16 bits per heavy atom. The molecule has 0 amide bonds. The van der Waals surface area contributed by atoms with Crippen LogP contribution in [0.4, 0.5) is 4.39 Å². The van der Waals surface area contributed by atoms with Gasteiger partial charge in [-0.25, -0.2) is 9.07 Å². The lowest BCUT2D eigenvalue weighted by molar-refractivity contribution is 0.269. The maximum Gasteiger partial charge on any atom is 0.209 e. The summed E-state index contributed by atoms with van der Waals surface area (Å²) in [6.45, 7) is 4.08. The number of aryl methyl sites for hydroxylation is 1. The maximum absolute atomic E-state index is 13.1. The third-order valence-corrected chi connectivity index (χ3v) is 5.38. The Kier molecular flexibility index (Phi) is 10.3. The number of halogens is 3. The molecule has 31 heavy (non-hydrogen) atoms. The van der Waals surface area contributed by atoms with Gasteiger partial charge < -0.3 is 14.8 Å². The van der Waals surface area contributed by atoms with E-state index in [0.29, 0.717) is 29.7 Å². The Morgan fingerprint density at radius 2 is 1.94 bits per heavy atom. The summed E-state index contributed by atoms with van der Waals surface area (Å²) in [6.07, 6.45) is 0. The van der Waals surface area contributed by atoms with E-state index in [1.165, 1.54) is 12.1 Å². The molecule has 0 unspecified atom stereocenters. The normalized spacial score (nSPS) is 10.6. The predicted molar refractivity (Wildman–Crippen MR) is 122 cm³/mol. The van der Waals surface area contributed by atoms with Gasteiger partial charge in [0.15, 0.2) is 11.5 Å². The summed E-state index contributed by atoms with van der Waals surface area (Å²) in [6, 6.07) is 9.93. The van der Waals surface area contributed by atoms with Gasteiger partial charge in [-0.05, 0) is 52.7 Å². The summed E-state index contributed by atoms with van der Waals surface area (Å²) >= 11 is 8.05. The van der Waals surface area contributed by atoms with Crippen molar-refractivity contribution in [1.29, 1.82) is 0 Å². The van der Waals surface area contributed by atoms with Crippen molar-refractivity contribution in [3.8, 4) is 11.5 Å². The minimum absolute atomic E-state index is 0. The van der Waals surface area contributed by atoms with E-state index in [-0.39, 0.29) is 24.8 Å². The topological polar surface area (TPSA) is 74.1 Å². The highest BCUT2D eigenvalue weighted by Gasteiger charge is 2.13. The molecule has 3 aromatic rings. The molecule has 0 radical (unpaired) electrons. The summed E-state index contributed by atoms with van der Waals surface area (Å²) in [5.41, 5.74) is 1.83. The van der Waals surface area contributed by atoms with Crippen LogP contribution in [0.1, 0.15) is 18.1 Å². The molecule has 0 aliphatic rings. The van der Waals surface area contributed by atoms with Gasteiger partial charge >= 0.3 is 0 Å². The number of benzene rings is 2. The maximum atomic E-state index is 13.1. The average Bonchev–Trinajstić information content (AvgIpc) is 3.13. The van der Waals surface area contributed by atoms with Gasteiger partial charge in [0.2, 0.25) is 5.16 Å². The monoisotopic (exact) mass is 487 g/mol. The molecule has 1 heterocycles. The van der Waals surface area contributed by atoms with Gasteiger partial charge in [-0.3, -0.25) is 0 Å². The fourth-order valence-corrected chi connectivity index (χ4v) is 3.69. The molecule has 7 nitrogen and oxygen atoms in total. The van der Waals surface area contributed by atoms with Crippen LogP contribution in [-0.2, 0) is 20.2 Å². The van der Waals surface area contributed by atoms with Gasteiger partial charge in [0.1, 0.15) is 12.4 Å². The molecule has 11 heteroatoms. The second-order valence-electron chi connectivity index (χ2n) is 6.36. The molecule has 1 N–H and O–H groups in total. The summed E-state index contributed by atoms with van der Waals surface area (Å²) in [4.78, 5) is 0. The summed E-state index contributed by atoms with van der Waals surface area (Å²) < 4.78 is 26.3. The van der Waals surface area contributed by atoms with Crippen LogP contribution in [0.25, 0.3) is 0 Å². The zero-order valence-corrected chi connectivity index (χ0v) is 19.6. The minimum Gasteiger partial charge on any atom is -0.490 e. The number of nitrogens with one attached hydrogen (secondary N) is 1. The molecule has 0 saturated carbocycles. The van der Waals surface area contributed by atoms with E-state index < -0.39 is 0 Å². The lowest BCUT2D eigenvalue weighted by Crippen LogP contribution is -2.17. The number of hydrogen-bond acceptors (Lipinski definition) is 7. The molecule has 0 aliphatic carbocycles. The van der Waals surface area contributed by atoms with Crippen LogP contribution in [0, 0.1) is 5.82 Å². The van der Waals surface area contributed by atoms with E-state index in [0.717, 1.165) is 28.6 Å². The van der Waals surface area contributed by atoms with Gasteiger partial charge in [0.25, 0.3) is 0 Å². The standard InChI is InChI=1S/C20H23ClFN5O2S.ClH/c1-3-28-18-11-15(12-23-8-9-30-20-24-25-26-27(20)2)10-17(21)19(18)29-13-14-4-6-16(22)7-5-14;/h4-7,10-11,23H,3,8-9,12-13H2,1-2H3;1H. The van der Waals surface area contributed by atoms with Crippen LogP contribution in [0.2, 0.25) is 5.02 Å².